The molecule has 2 atom stereocenters. The van der Waals surface area contributed by atoms with Crippen molar-refractivity contribution in [2.24, 2.45) is 11.8 Å². The molecule has 28 heavy (non-hydrogen) atoms. The highest BCUT2D eigenvalue weighted by atomic mass is 16.5. The van der Waals surface area contributed by atoms with Crippen LogP contribution in [0.1, 0.15) is 18.9 Å². The van der Waals surface area contributed by atoms with Crippen molar-refractivity contribution < 1.29 is 9.53 Å². The summed E-state index contributed by atoms with van der Waals surface area (Å²) in [7, 11) is 5.50. The largest absolute Gasteiger partial charge is 0.481 e. The van der Waals surface area contributed by atoms with Crippen molar-refractivity contribution in [3.05, 3.63) is 48.3 Å². The van der Waals surface area contributed by atoms with Crippen molar-refractivity contribution in [3.63, 3.8) is 0 Å². The first kappa shape index (κ1) is 18.6. The Labute approximate surface area is 165 Å². The van der Waals surface area contributed by atoms with E-state index in [4.69, 9.17) is 4.74 Å². The smallest absolute Gasteiger partial charge is 0.322 e. The van der Waals surface area contributed by atoms with E-state index < -0.39 is 0 Å². The molecule has 1 aliphatic carbocycles. The minimum absolute atomic E-state index is 0.163. The second-order valence-electron chi connectivity index (χ2n) is 8.23. The Balaban J connectivity index is 1.74. The van der Waals surface area contributed by atoms with Gasteiger partial charge in [-0.05, 0) is 47.9 Å². The van der Waals surface area contributed by atoms with E-state index in [0.29, 0.717) is 11.8 Å². The summed E-state index contributed by atoms with van der Waals surface area (Å²) in [6.07, 6.45) is 4.60. The molecule has 2 aromatic heterocycles. The normalized spacial score (nSPS) is 18.9. The summed E-state index contributed by atoms with van der Waals surface area (Å²) in [5.41, 5.74) is 3.14. The first-order chi connectivity index (χ1) is 13.3. The standard InChI is InChI=1S/C23H26N3O2/c1-14-8-9-24-22(28-5)21(14)17-7-6-16-12-20(25-13-18(16)11-17)26(3,4)23(27)19-10-15(19)2/h6-9,11-13,15,19H,10H2,1-5H3/q+1. The van der Waals surface area contributed by atoms with Crippen molar-refractivity contribution in [1.29, 1.82) is 0 Å². The van der Waals surface area contributed by atoms with Crippen molar-refractivity contribution >= 4 is 22.5 Å². The first-order valence-electron chi connectivity index (χ1n) is 9.61. The highest BCUT2D eigenvalue weighted by molar-refractivity contribution is 5.94. The fraction of sp³-hybridized carbons (Fsp3) is 0.348. The number of carbonyl (C=O) groups is 1. The molecule has 0 N–H and O–H groups in total. The Morgan fingerprint density at radius 3 is 2.57 bits per heavy atom. The molecule has 0 radical (unpaired) electrons. The zero-order valence-electron chi connectivity index (χ0n) is 17.1. The molecule has 0 spiro atoms. The number of quaternary nitrogens is 1. The number of carbonyl (C=O) groups excluding carboxylic acids is 1. The molecule has 0 aliphatic heterocycles. The molecule has 0 bridgehead atoms. The topological polar surface area (TPSA) is 52.1 Å². The van der Waals surface area contributed by atoms with Crippen molar-refractivity contribution in [3.8, 4) is 17.0 Å². The van der Waals surface area contributed by atoms with Gasteiger partial charge in [0.1, 0.15) is 0 Å². The van der Waals surface area contributed by atoms with E-state index in [9.17, 15) is 4.79 Å². The van der Waals surface area contributed by atoms with Gasteiger partial charge >= 0.3 is 5.91 Å². The van der Waals surface area contributed by atoms with E-state index in [0.717, 1.165) is 39.7 Å². The minimum atomic E-state index is 0.163. The van der Waals surface area contributed by atoms with Crippen LogP contribution in [0.4, 0.5) is 5.82 Å². The first-order valence-corrected chi connectivity index (χ1v) is 9.61. The highest BCUT2D eigenvalue weighted by Gasteiger charge is 2.48. The summed E-state index contributed by atoms with van der Waals surface area (Å²) in [5.74, 6) is 2.29. The third kappa shape index (κ3) is 3.06. The SMILES string of the molecule is COc1nccc(C)c1-c1ccc2cc([N+](C)(C)C(=O)C3CC3C)ncc2c1. The number of aryl methyl sites for hydroxylation is 1. The molecule has 1 aromatic carbocycles. The minimum Gasteiger partial charge on any atom is -0.481 e. The fourth-order valence-electron chi connectivity index (χ4n) is 3.82. The number of ether oxygens (including phenoxy) is 1. The Morgan fingerprint density at radius 2 is 1.89 bits per heavy atom. The summed E-state index contributed by atoms with van der Waals surface area (Å²) in [5, 5.41) is 2.09. The van der Waals surface area contributed by atoms with Crippen LogP contribution in [0.5, 0.6) is 5.88 Å². The quantitative estimate of drug-likeness (QED) is 0.635. The molecular formula is C23H26N3O2+. The van der Waals surface area contributed by atoms with Gasteiger partial charge in [-0.2, -0.15) is 0 Å². The van der Waals surface area contributed by atoms with Gasteiger partial charge in [0.15, 0.2) is 0 Å². The average Bonchev–Trinajstić information content (AvgIpc) is 3.42. The van der Waals surface area contributed by atoms with Crippen LogP contribution in [0.25, 0.3) is 21.9 Å². The van der Waals surface area contributed by atoms with Gasteiger partial charge in [0.05, 0.1) is 27.1 Å². The lowest BCUT2D eigenvalue weighted by atomic mass is 9.99. The lowest BCUT2D eigenvalue weighted by molar-refractivity contribution is -0.129. The van der Waals surface area contributed by atoms with E-state index in [-0.39, 0.29) is 16.3 Å². The number of hydrogen-bond donors (Lipinski definition) is 0. The molecule has 1 aliphatic rings. The lowest BCUT2D eigenvalue weighted by Crippen LogP contribution is -2.48. The number of fused-ring (bicyclic) bond motifs is 1. The maximum atomic E-state index is 12.8. The molecular weight excluding hydrogens is 350 g/mol. The van der Waals surface area contributed by atoms with Gasteiger partial charge in [0, 0.05) is 29.4 Å². The Hall–Kier alpha value is -2.79. The van der Waals surface area contributed by atoms with Crippen LogP contribution in [0.3, 0.4) is 0 Å². The summed E-state index contributed by atoms with van der Waals surface area (Å²) in [6, 6.07) is 10.3. The molecule has 5 nitrogen and oxygen atoms in total. The summed E-state index contributed by atoms with van der Waals surface area (Å²) in [6.45, 7) is 4.18. The lowest BCUT2D eigenvalue weighted by Gasteiger charge is -2.25. The molecule has 1 saturated carbocycles. The van der Waals surface area contributed by atoms with Gasteiger partial charge in [0.25, 0.3) is 0 Å². The summed E-state index contributed by atoms with van der Waals surface area (Å²) < 4.78 is 5.64. The number of nitrogens with zero attached hydrogens (tertiary/aromatic N) is 3. The predicted octanol–water partition coefficient (Wildman–Crippen LogP) is 4.36. The Bertz CT molecular complexity index is 1070. The number of amides is 1. The van der Waals surface area contributed by atoms with Crippen LogP contribution in [0, 0.1) is 18.8 Å². The van der Waals surface area contributed by atoms with Crippen molar-refractivity contribution in [1.82, 2.24) is 14.5 Å². The van der Waals surface area contributed by atoms with E-state index in [2.05, 4.69) is 42.0 Å². The van der Waals surface area contributed by atoms with Gasteiger partial charge in [0.2, 0.25) is 11.7 Å². The van der Waals surface area contributed by atoms with E-state index in [1.165, 1.54) is 0 Å². The molecule has 2 heterocycles. The molecule has 4 rings (SSSR count). The second-order valence-corrected chi connectivity index (χ2v) is 8.23. The number of rotatable bonds is 4. The zero-order chi connectivity index (χ0) is 20.1. The average molecular weight is 376 g/mol. The van der Waals surface area contributed by atoms with Crippen LogP contribution < -0.4 is 9.22 Å². The van der Waals surface area contributed by atoms with Crippen LogP contribution in [0.2, 0.25) is 0 Å². The number of aromatic nitrogens is 2. The van der Waals surface area contributed by atoms with Crippen molar-refractivity contribution in [2.75, 3.05) is 21.2 Å². The molecule has 2 unspecified atom stereocenters. The van der Waals surface area contributed by atoms with Crippen LogP contribution >= 0.6 is 0 Å². The van der Waals surface area contributed by atoms with Gasteiger partial charge < -0.3 is 4.74 Å². The monoisotopic (exact) mass is 376 g/mol. The maximum absolute atomic E-state index is 12.8. The zero-order valence-corrected chi connectivity index (χ0v) is 17.1. The molecule has 3 aromatic rings. The van der Waals surface area contributed by atoms with E-state index in [1.54, 1.807) is 13.3 Å². The van der Waals surface area contributed by atoms with Gasteiger partial charge in [-0.15, -0.1) is 0 Å². The van der Waals surface area contributed by atoms with Crippen LogP contribution in [-0.2, 0) is 4.79 Å². The Kier molecular flexibility index (Phi) is 4.42. The van der Waals surface area contributed by atoms with E-state index in [1.807, 2.05) is 32.4 Å². The van der Waals surface area contributed by atoms with Crippen LogP contribution in [0.15, 0.2) is 42.7 Å². The third-order valence-corrected chi connectivity index (χ3v) is 5.86. The van der Waals surface area contributed by atoms with Gasteiger partial charge in [-0.25, -0.2) is 19.2 Å². The molecule has 144 valence electrons. The van der Waals surface area contributed by atoms with Crippen LogP contribution in [-0.4, -0.2) is 37.1 Å². The fourth-order valence-corrected chi connectivity index (χ4v) is 3.82. The molecule has 1 fully saturated rings. The van der Waals surface area contributed by atoms with Crippen molar-refractivity contribution in [2.45, 2.75) is 20.3 Å². The Morgan fingerprint density at radius 1 is 1.14 bits per heavy atom. The van der Waals surface area contributed by atoms with Gasteiger partial charge in [-0.1, -0.05) is 19.1 Å². The predicted molar refractivity (Wildman–Crippen MR) is 112 cm³/mol. The molecule has 1 amide bonds. The van der Waals surface area contributed by atoms with Gasteiger partial charge in [-0.3, -0.25) is 0 Å². The number of methoxy groups -OCH3 is 1. The maximum Gasteiger partial charge on any atom is 0.322 e. The number of benzene rings is 1. The number of hydrogen-bond acceptors (Lipinski definition) is 4. The number of pyridine rings is 2. The third-order valence-electron chi connectivity index (χ3n) is 5.86. The summed E-state index contributed by atoms with van der Waals surface area (Å²) >= 11 is 0. The van der Waals surface area contributed by atoms with E-state index >= 15 is 0 Å². The second kappa shape index (κ2) is 6.67. The molecule has 0 saturated heterocycles. The highest BCUT2D eigenvalue weighted by Crippen LogP contribution is 2.41. The summed E-state index contributed by atoms with van der Waals surface area (Å²) in [4.78, 5) is 21.8. The molecule has 5 heteroatoms.